The molecule has 2 aromatic rings. The van der Waals surface area contributed by atoms with Crippen LogP contribution in [0.2, 0.25) is 0 Å². The summed E-state index contributed by atoms with van der Waals surface area (Å²) < 4.78 is 10.9. The quantitative estimate of drug-likeness (QED) is 0.693. The normalized spacial score (nSPS) is 9.62. The van der Waals surface area contributed by atoms with Gasteiger partial charge in [0.25, 0.3) is 0 Å². The number of phenols is 1. The van der Waals surface area contributed by atoms with Crippen molar-refractivity contribution in [1.82, 2.24) is 0 Å². The Bertz CT molecular complexity index is 671. The minimum Gasteiger partial charge on any atom is -0.508 e. The molecule has 0 aliphatic rings. The number of rotatable bonds is 4. The molecule has 1 N–H and O–H groups in total. The van der Waals surface area contributed by atoms with E-state index in [1.807, 2.05) is 12.1 Å². The minimum atomic E-state index is 0.216. The van der Waals surface area contributed by atoms with Crippen molar-refractivity contribution in [2.45, 2.75) is 6.61 Å². The second-order valence-corrected chi connectivity index (χ2v) is 4.52. The van der Waals surface area contributed by atoms with Gasteiger partial charge in [0.2, 0.25) is 0 Å². The Balaban J connectivity index is 2.18. The van der Waals surface area contributed by atoms with Crippen molar-refractivity contribution in [2.24, 2.45) is 0 Å². The van der Waals surface area contributed by atoms with Crippen LogP contribution in [0.25, 0.3) is 0 Å². The lowest BCUT2D eigenvalue weighted by Crippen LogP contribution is -1.97. The van der Waals surface area contributed by atoms with Gasteiger partial charge in [0, 0.05) is 0 Å². The molecule has 0 amide bonds. The van der Waals surface area contributed by atoms with E-state index in [0.717, 1.165) is 11.1 Å². The fourth-order valence-corrected chi connectivity index (χ4v) is 1.86. The van der Waals surface area contributed by atoms with Gasteiger partial charge < -0.3 is 14.6 Å². The average molecular weight is 303 g/mol. The molecule has 0 fully saturated rings. The fraction of sp³-hybridized carbons (Fsp3) is 0.176. The Hall–Kier alpha value is -2.31. The highest BCUT2D eigenvalue weighted by atomic mass is 35.5. The van der Waals surface area contributed by atoms with E-state index in [4.69, 9.17) is 21.1 Å². The average Bonchev–Trinajstić information content (AvgIpc) is 2.51. The van der Waals surface area contributed by atoms with E-state index in [1.54, 1.807) is 37.4 Å². The molecule has 3 nitrogen and oxygen atoms in total. The minimum absolute atomic E-state index is 0.216. The van der Waals surface area contributed by atoms with E-state index in [0.29, 0.717) is 18.1 Å². The summed E-state index contributed by atoms with van der Waals surface area (Å²) in [5.41, 5.74) is 1.59. The number of phenolic OH excluding ortho intramolecular Hbond substituents is 1. The van der Waals surface area contributed by atoms with Gasteiger partial charge in [-0.15, -0.1) is 11.6 Å². The van der Waals surface area contributed by atoms with Crippen LogP contribution in [0, 0.1) is 11.8 Å². The summed E-state index contributed by atoms with van der Waals surface area (Å²) in [4.78, 5) is 0. The Labute approximate surface area is 129 Å². The highest BCUT2D eigenvalue weighted by Crippen LogP contribution is 2.24. The molecule has 2 aromatic carbocycles. The van der Waals surface area contributed by atoms with E-state index in [2.05, 4.69) is 11.8 Å². The molecule has 0 atom stereocenters. The second kappa shape index (κ2) is 7.47. The Morgan fingerprint density at radius 1 is 1.19 bits per heavy atom. The molecule has 2 rings (SSSR count). The van der Waals surface area contributed by atoms with Crippen LogP contribution in [-0.2, 0) is 6.61 Å². The molecule has 0 heterocycles. The molecule has 0 saturated carbocycles. The summed E-state index contributed by atoms with van der Waals surface area (Å²) >= 11 is 5.59. The van der Waals surface area contributed by atoms with Crippen molar-refractivity contribution < 1.29 is 14.6 Å². The van der Waals surface area contributed by atoms with Gasteiger partial charge in [0.15, 0.2) is 0 Å². The number of halogens is 1. The zero-order valence-electron chi connectivity index (χ0n) is 11.6. The molecule has 0 aromatic heterocycles. The highest BCUT2D eigenvalue weighted by Gasteiger charge is 2.05. The molecule has 0 bridgehead atoms. The molecule has 21 heavy (non-hydrogen) atoms. The predicted octanol–water partition coefficient (Wildman–Crippen LogP) is 3.57. The molecule has 0 aliphatic heterocycles. The zero-order chi connectivity index (χ0) is 15.1. The molecular weight excluding hydrogens is 288 g/mol. The molecule has 4 heteroatoms. The van der Waals surface area contributed by atoms with Gasteiger partial charge in [-0.1, -0.05) is 24.0 Å². The lowest BCUT2D eigenvalue weighted by Gasteiger charge is -2.10. The second-order valence-electron chi connectivity index (χ2n) is 4.26. The maximum atomic E-state index is 9.44. The van der Waals surface area contributed by atoms with E-state index in [1.165, 1.54) is 0 Å². The lowest BCUT2D eigenvalue weighted by molar-refractivity contribution is 0.304. The maximum Gasteiger partial charge on any atom is 0.135 e. The topological polar surface area (TPSA) is 38.7 Å². The van der Waals surface area contributed by atoms with Crippen LogP contribution in [-0.4, -0.2) is 18.1 Å². The molecule has 0 unspecified atom stereocenters. The van der Waals surface area contributed by atoms with Crippen LogP contribution < -0.4 is 9.47 Å². The summed E-state index contributed by atoms with van der Waals surface area (Å²) in [6, 6.07) is 12.4. The number of hydrogen-bond acceptors (Lipinski definition) is 3. The standard InChI is InChI=1S/C17H15ClO3/c1-20-16-7-8-17(14(11-16)5-3-9-18)21-12-13-4-2-6-15(19)10-13/h2,4,6-8,10-11,19H,9,12H2,1H3. The van der Waals surface area contributed by atoms with Crippen LogP contribution in [0.3, 0.4) is 0 Å². The van der Waals surface area contributed by atoms with Crippen molar-refractivity contribution in [1.29, 1.82) is 0 Å². The van der Waals surface area contributed by atoms with Crippen molar-refractivity contribution in [2.75, 3.05) is 13.0 Å². The van der Waals surface area contributed by atoms with Gasteiger partial charge in [-0.2, -0.15) is 0 Å². The van der Waals surface area contributed by atoms with Crippen LogP contribution in [0.1, 0.15) is 11.1 Å². The maximum absolute atomic E-state index is 9.44. The fourth-order valence-electron chi connectivity index (χ4n) is 1.80. The van der Waals surface area contributed by atoms with Gasteiger partial charge in [-0.3, -0.25) is 0 Å². The summed E-state index contributed by atoms with van der Waals surface area (Å²) in [6.45, 7) is 0.344. The molecule has 0 radical (unpaired) electrons. The molecule has 0 spiro atoms. The van der Waals surface area contributed by atoms with E-state index in [-0.39, 0.29) is 11.6 Å². The van der Waals surface area contributed by atoms with Crippen molar-refractivity contribution in [3.63, 3.8) is 0 Å². The Morgan fingerprint density at radius 3 is 2.76 bits per heavy atom. The zero-order valence-corrected chi connectivity index (χ0v) is 12.4. The monoisotopic (exact) mass is 302 g/mol. The number of alkyl halides is 1. The highest BCUT2D eigenvalue weighted by molar-refractivity contribution is 6.19. The molecular formula is C17H15ClO3. The number of aromatic hydroxyl groups is 1. The van der Waals surface area contributed by atoms with E-state index >= 15 is 0 Å². The van der Waals surface area contributed by atoms with Crippen molar-refractivity contribution in [3.05, 3.63) is 53.6 Å². The summed E-state index contributed by atoms with van der Waals surface area (Å²) in [6.07, 6.45) is 0. The first kappa shape index (κ1) is 15.1. The van der Waals surface area contributed by atoms with Gasteiger partial charge in [-0.05, 0) is 35.9 Å². The Morgan fingerprint density at radius 2 is 2.05 bits per heavy atom. The number of hydrogen-bond donors (Lipinski definition) is 1. The largest absolute Gasteiger partial charge is 0.508 e. The predicted molar refractivity (Wildman–Crippen MR) is 83.0 cm³/mol. The summed E-state index contributed by atoms with van der Waals surface area (Å²) in [7, 11) is 1.60. The third-order valence-corrected chi connectivity index (χ3v) is 2.92. The van der Waals surface area contributed by atoms with Gasteiger partial charge in [-0.25, -0.2) is 0 Å². The van der Waals surface area contributed by atoms with Gasteiger partial charge in [0.05, 0.1) is 18.6 Å². The number of ether oxygens (including phenoxy) is 2. The van der Waals surface area contributed by atoms with Gasteiger partial charge >= 0.3 is 0 Å². The number of benzene rings is 2. The van der Waals surface area contributed by atoms with Crippen molar-refractivity contribution >= 4 is 11.6 Å². The third-order valence-electron chi connectivity index (χ3n) is 2.78. The van der Waals surface area contributed by atoms with Crippen LogP contribution >= 0.6 is 11.6 Å². The molecule has 108 valence electrons. The van der Waals surface area contributed by atoms with Gasteiger partial charge in [0.1, 0.15) is 23.9 Å². The first-order chi connectivity index (χ1) is 10.2. The molecule has 0 aliphatic carbocycles. The SMILES string of the molecule is COc1ccc(OCc2cccc(O)c2)c(C#CCCl)c1. The Kier molecular flexibility index (Phi) is 5.36. The first-order valence-electron chi connectivity index (χ1n) is 6.36. The van der Waals surface area contributed by atoms with E-state index in [9.17, 15) is 5.11 Å². The number of methoxy groups -OCH3 is 1. The van der Waals surface area contributed by atoms with Crippen LogP contribution in [0.15, 0.2) is 42.5 Å². The third kappa shape index (κ3) is 4.34. The summed E-state index contributed by atoms with van der Waals surface area (Å²) in [5.74, 6) is 7.58. The van der Waals surface area contributed by atoms with Crippen molar-refractivity contribution in [3.8, 4) is 29.1 Å². The van der Waals surface area contributed by atoms with E-state index < -0.39 is 0 Å². The summed E-state index contributed by atoms with van der Waals surface area (Å²) in [5, 5.41) is 9.44. The first-order valence-corrected chi connectivity index (χ1v) is 6.90. The molecule has 0 saturated heterocycles. The lowest BCUT2D eigenvalue weighted by atomic mass is 10.2. The van der Waals surface area contributed by atoms with Crippen LogP contribution in [0.5, 0.6) is 17.2 Å². The van der Waals surface area contributed by atoms with Crippen LogP contribution in [0.4, 0.5) is 0 Å². The smallest absolute Gasteiger partial charge is 0.135 e.